The van der Waals surface area contributed by atoms with Gasteiger partial charge in [-0.05, 0) is 159 Å². The fourth-order valence-electron chi connectivity index (χ4n) is 15.9. The van der Waals surface area contributed by atoms with Crippen LogP contribution in [0, 0.1) is 53.4 Å². The maximum absolute atomic E-state index is 2.77. The molecule has 6 aliphatic rings. The zero-order valence-corrected chi connectivity index (χ0v) is 40.3. The topological polar surface area (TPSA) is 0 Å². The van der Waals surface area contributed by atoms with E-state index in [0.29, 0.717) is 18.5 Å². The van der Waals surface area contributed by atoms with E-state index < -0.39 is 0 Å². The van der Waals surface area contributed by atoms with Crippen molar-refractivity contribution in [2.45, 2.75) is 124 Å². The molecule has 3 atom stereocenters. The van der Waals surface area contributed by atoms with Crippen LogP contribution in [0.15, 0.2) is 127 Å². The van der Waals surface area contributed by atoms with E-state index in [0.717, 1.165) is 11.8 Å². The Morgan fingerprint density at radius 2 is 1.12 bits per heavy atom. The zero-order chi connectivity index (χ0) is 44.7. The van der Waals surface area contributed by atoms with E-state index in [1.54, 1.807) is 38.7 Å². The minimum absolute atomic E-state index is 0.169. The summed E-state index contributed by atoms with van der Waals surface area (Å²) >= 11 is 0. The monoisotopic (exact) mass is 843 g/mol. The molecular weight excluding hydrogens is 778 g/mol. The minimum Gasteiger partial charge on any atom is -0.0680 e. The molecule has 0 spiro atoms. The average Bonchev–Trinajstić information content (AvgIpc) is 3.61. The molecule has 65 heavy (non-hydrogen) atoms. The summed E-state index contributed by atoms with van der Waals surface area (Å²) in [6.07, 6.45) is 8.11. The van der Waals surface area contributed by atoms with Crippen molar-refractivity contribution in [3.63, 3.8) is 0 Å². The van der Waals surface area contributed by atoms with Crippen LogP contribution in [0.3, 0.4) is 0 Å². The minimum atomic E-state index is 0.169. The van der Waals surface area contributed by atoms with Crippen molar-refractivity contribution >= 4 is 46.2 Å². The van der Waals surface area contributed by atoms with Gasteiger partial charge in [0.2, 0.25) is 13.4 Å². The van der Waals surface area contributed by atoms with Crippen LogP contribution in [0.2, 0.25) is 0 Å². The van der Waals surface area contributed by atoms with Crippen LogP contribution in [0.25, 0.3) is 22.3 Å². The fourth-order valence-corrected chi connectivity index (χ4v) is 15.9. The van der Waals surface area contributed by atoms with E-state index in [9.17, 15) is 0 Å². The molecule has 7 aromatic carbocycles. The molecule has 7 aromatic rings. The summed E-state index contributed by atoms with van der Waals surface area (Å²) < 4.78 is 0. The lowest BCUT2D eigenvalue weighted by molar-refractivity contribution is -0.0281. The van der Waals surface area contributed by atoms with Gasteiger partial charge in [0.25, 0.3) is 0 Å². The van der Waals surface area contributed by atoms with E-state index >= 15 is 0 Å². The molecule has 322 valence electrons. The molecule has 4 fully saturated rings. The van der Waals surface area contributed by atoms with Crippen LogP contribution < -0.4 is 32.8 Å². The number of fused-ring (bicyclic) bond motifs is 5. The van der Waals surface area contributed by atoms with Gasteiger partial charge in [0.05, 0.1) is 0 Å². The van der Waals surface area contributed by atoms with E-state index in [2.05, 4.69) is 190 Å². The summed E-state index contributed by atoms with van der Waals surface area (Å²) in [6, 6.07) is 51.1. The molecule has 0 saturated heterocycles. The van der Waals surface area contributed by atoms with Crippen LogP contribution in [0.1, 0.15) is 132 Å². The molecule has 2 heteroatoms. The molecule has 0 aromatic heterocycles. The lowest BCUT2D eigenvalue weighted by atomic mass is 9.33. The van der Waals surface area contributed by atoms with E-state index in [-0.39, 0.29) is 17.5 Å². The summed E-state index contributed by atoms with van der Waals surface area (Å²) in [5.74, 6) is 2.46. The maximum atomic E-state index is 2.77. The van der Waals surface area contributed by atoms with E-state index in [1.165, 1.54) is 116 Å². The first kappa shape index (κ1) is 41.1. The predicted molar refractivity (Wildman–Crippen MR) is 280 cm³/mol. The largest absolute Gasteiger partial charge is 0.243 e. The molecule has 0 radical (unpaired) electrons. The molecule has 0 nitrogen and oxygen atoms in total. The lowest BCUT2D eigenvalue weighted by Crippen LogP contribution is -2.58. The van der Waals surface area contributed by atoms with Gasteiger partial charge >= 0.3 is 0 Å². The Labute approximate surface area is 390 Å². The highest BCUT2D eigenvalue weighted by molar-refractivity contribution is 7.00. The Bertz CT molecular complexity index is 2970. The SMILES string of the molecule is Cc1cc(C)c(B(c2cccc(-c3ccc(C45CC6CC(C4)CC(c4cc(C(C)C)c7c(c4)C(C)c4cccc8c4B7c4ccccc4-8)(C6)C5)cc3)c2)c2c(C)cc(C)cc2C)c(C)c1. The van der Waals surface area contributed by atoms with Crippen LogP contribution >= 0.6 is 0 Å². The van der Waals surface area contributed by atoms with Crippen molar-refractivity contribution in [3.8, 4) is 22.3 Å². The molecule has 0 N–H and O–H groups in total. The highest BCUT2D eigenvalue weighted by Crippen LogP contribution is 2.66. The quantitative estimate of drug-likeness (QED) is 0.140. The number of hydrogen-bond donors (Lipinski definition) is 0. The van der Waals surface area contributed by atoms with Gasteiger partial charge in [-0.15, -0.1) is 0 Å². The molecule has 4 aliphatic carbocycles. The second-order valence-electron chi connectivity index (χ2n) is 22.6. The standard InChI is InChI=1S/C63H64B2/c1-37(2)55-30-50(31-56-44(9)52-17-13-18-54-53-16-10-11-19-57(53)65(60(52)54)61(55)56)63-34-45-28-46(35-63)33-62(32-45,36-63)49-22-20-47(21-23-49)48-14-12-15-51(29-48)64(58-40(5)24-38(3)25-41(58)6)59-42(7)26-39(4)27-43(59)8/h10-27,29-31,37,44-46H,28,32-36H2,1-9H3. The summed E-state index contributed by atoms with van der Waals surface area (Å²) in [7, 11) is 0. The van der Waals surface area contributed by atoms with Crippen molar-refractivity contribution in [1.82, 2.24) is 0 Å². The molecule has 4 saturated carbocycles. The van der Waals surface area contributed by atoms with Crippen LogP contribution in [0.4, 0.5) is 0 Å². The van der Waals surface area contributed by atoms with Gasteiger partial charge in [0.1, 0.15) is 0 Å². The van der Waals surface area contributed by atoms with Crippen molar-refractivity contribution in [1.29, 1.82) is 0 Å². The van der Waals surface area contributed by atoms with Crippen LogP contribution in [-0.4, -0.2) is 13.4 Å². The first-order valence-corrected chi connectivity index (χ1v) is 25.1. The highest BCUT2D eigenvalue weighted by atomic mass is 14.6. The van der Waals surface area contributed by atoms with Crippen LogP contribution in [0.5, 0.6) is 0 Å². The average molecular weight is 843 g/mol. The van der Waals surface area contributed by atoms with E-state index in [4.69, 9.17) is 0 Å². The number of rotatable bonds is 7. The molecule has 4 bridgehead atoms. The second kappa shape index (κ2) is 14.8. The summed E-state index contributed by atoms with van der Waals surface area (Å²) in [5.41, 5.74) is 31.2. The molecule has 2 aliphatic heterocycles. The van der Waals surface area contributed by atoms with Gasteiger partial charge in [0.15, 0.2) is 0 Å². The molecular formula is C63H64B2. The van der Waals surface area contributed by atoms with Gasteiger partial charge in [-0.25, -0.2) is 0 Å². The Morgan fingerprint density at radius 3 is 1.75 bits per heavy atom. The van der Waals surface area contributed by atoms with Crippen LogP contribution in [-0.2, 0) is 10.8 Å². The third kappa shape index (κ3) is 6.25. The van der Waals surface area contributed by atoms with E-state index in [1.807, 2.05) is 0 Å². The van der Waals surface area contributed by atoms with Crippen molar-refractivity contribution in [2.75, 3.05) is 0 Å². The smallest absolute Gasteiger partial charge is 0.0680 e. The van der Waals surface area contributed by atoms with Gasteiger partial charge < -0.3 is 0 Å². The summed E-state index contributed by atoms with van der Waals surface area (Å²) in [6.45, 7) is 21.7. The van der Waals surface area contributed by atoms with Crippen molar-refractivity contribution < 1.29 is 0 Å². The summed E-state index contributed by atoms with van der Waals surface area (Å²) in [5, 5.41) is 0. The first-order chi connectivity index (χ1) is 31.3. The number of aryl methyl sites for hydroxylation is 6. The Balaban J connectivity index is 0.915. The first-order valence-electron chi connectivity index (χ1n) is 25.1. The molecule has 13 rings (SSSR count). The number of benzene rings is 7. The second-order valence-corrected chi connectivity index (χ2v) is 22.6. The molecule has 3 unspecified atom stereocenters. The van der Waals surface area contributed by atoms with Gasteiger partial charge in [-0.3, -0.25) is 0 Å². The Morgan fingerprint density at radius 1 is 0.538 bits per heavy atom. The Hall–Kier alpha value is -5.33. The predicted octanol–water partition coefficient (Wildman–Crippen LogP) is 11.6. The maximum Gasteiger partial charge on any atom is 0.243 e. The van der Waals surface area contributed by atoms with Gasteiger partial charge in [-0.2, -0.15) is 0 Å². The number of hydrogen-bond acceptors (Lipinski definition) is 0. The highest BCUT2D eigenvalue weighted by Gasteiger charge is 2.59. The molecule has 0 amide bonds. The Kier molecular flexibility index (Phi) is 9.39. The lowest BCUT2D eigenvalue weighted by Gasteiger charge is -2.63. The van der Waals surface area contributed by atoms with Gasteiger partial charge in [-0.1, -0.05) is 214 Å². The van der Waals surface area contributed by atoms with Crippen molar-refractivity contribution in [2.24, 2.45) is 11.8 Å². The van der Waals surface area contributed by atoms with Crippen molar-refractivity contribution in [3.05, 3.63) is 189 Å². The fraction of sp³-hybridized carbons (Fsp3) is 0.333. The van der Waals surface area contributed by atoms with Gasteiger partial charge in [0, 0.05) is 5.92 Å². The zero-order valence-electron chi connectivity index (χ0n) is 40.3. The third-order valence-electron chi connectivity index (χ3n) is 17.9. The third-order valence-corrected chi connectivity index (χ3v) is 17.9. The molecule has 2 heterocycles. The summed E-state index contributed by atoms with van der Waals surface area (Å²) in [4.78, 5) is 0. The normalized spacial score (nSPS) is 23.2.